The van der Waals surface area contributed by atoms with Gasteiger partial charge in [0.1, 0.15) is 9.96 Å². The summed E-state index contributed by atoms with van der Waals surface area (Å²) in [6.07, 6.45) is 3.85. The maximum Gasteiger partial charge on any atom is 0.253 e. The molecule has 1 fully saturated rings. The van der Waals surface area contributed by atoms with Crippen molar-refractivity contribution in [3.05, 3.63) is 45.7 Å². The van der Waals surface area contributed by atoms with Crippen molar-refractivity contribution < 1.29 is 13.2 Å². The van der Waals surface area contributed by atoms with E-state index in [9.17, 15) is 8.42 Å². The zero-order valence-electron chi connectivity index (χ0n) is 13.4. The number of nitrogens with zero attached hydrogens (tertiary/aromatic N) is 1. The largest absolute Gasteiger partial charge is 0.497 e. The van der Waals surface area contributed by atoms with Crippen LogP contribution in [0, 0.1) is 0 Å². The normalized spacial score (nSPS) is 19.8. The van der Waals surface area contributed by atoms with Gasteiger partial charge in [-0.2, -0.15) is 4.31 Å². The van der Waals surface area contributed by atoms with E-state index in [4.69, 9.17) is 4.74 Å². The van der Waals surface area contributed by atoms with Crippen LogP contribution in [0.1, 0.15) is 37.3 Å². The van der Waals surface area contributed by atoms with Gasteiger partial charge in [-0.05, 0) is 58.6 Å². The Bertz CT molecular complexity index is 786. The van der Waals surface area contributed by atoms with Crippen molar-refractivity contribution in [1.82, 2.24) is 4.31 Å². The topological polar surface area (TPSA) is 46.6 Å². The highest BCUT2D eigenvalue weighted by Crippen LogP contribution is 2.37. The minimum atomic E-state index is -3.49. The second kappa shape index (κ2) is 7.56. The Labute approximate surface area is 155 Å². The summed E-state index contributed by atoms with van der Waals surface area (Å²) in [7, 11) is -1.86. The van der Waals surface area contributed by atoms with Crippen LogP contribution >= 0.6 is 27.3 Å². The molecule has 130 valence electrons. The third-order valence-electron chi connectivity index (χ3n) is 4.32. The molecule has 3 rings (SSSR count). The molecule has 0 spiro atoms. The summed E-state index contributed by atoms with van der Waals surface area (Å²) in [5, 5.41) is 0. The minimum absolute atomic E-state index is 0.121. The number of sulfonamides is 1. The number of thiophene rings is 1. The van der Waals surface area contributed by atoms with Crippen LogP contribution in [0.4, 0.5) is 0 Å². The molecule has 1 aliphatic heterocycles. The molecule has 1 aromatic heterocycles. The van der Waals surface area contributed by atoms with E-state index in [1.807, 2.05) is 24.3 Å². The number of methoxy groups -OCH3 is 1. The Morgan fingerprint density at radius 2 is 1.88 bits per heavy atom. The quantitative estimate of drug-likeness (QED) is 0.699. The van der Waals surface area contributed by atoms with Crippen LogP contribution in [0.5, 0.6) is 5.75 Å². The van der Waals surface area contributed by atoms with E-state index >= 15 is 0 Å². The number of hydrogen-bond donors (Lipinski definition) is 0. The molecule has 1 saturated heterocycles. The van der Waals surface area contributed by atoms with Crippen LogP contribution in [0.2, 0.25) is 0 Å². The molecule has 0 amide bonds. The predicted octanol–water partition coefficient (Wildman–Crippen LogP) is 4.83. The number of ether oxygens (including phenoxy) is 1. The maximum absolute atomic E-state index is 13.2. The van der Waals surface area contributed by atoms with Crippen molar-refractivity contribution in [1.29, 1.82) is 0 Å². The van der Waals surface area contributed by atoms with Gasteiger partial charge in [0.25, 0.3) is 10.0 Å². The Morgan fingerprint density at radius 3 is 2.50 bits per heavy atom. The van der Waals surface area contributed by atoms with Gasteiger partial charge in [0.05, 0.1) is 16.9 Å². The summed E-state index contributed by atoms with van der Waals surface area (Å²) in [6, 6.07) is 11.1. The molecule has 0 bridgehead atoms. The fourth-order valence-electron chi connectivity index (χ4n) is 3.08. The number of benzene rings is 1. The van der Waals surface area contributed by atoms with E-state index in [0.717, 1.165) is 40.8 Å². The average Bonchev–Trinajstić information content (AvgIpc) is 2.88. The molecular formula is C17H20BrNO3S2. The lowest BCUT2D eigenvalue weighted by Gasteiger charge is -2.29. The SMILES string of the molecule is COc1ccc(C2CCCCCN2S(=O)(=O)c2ccc(Br)s2)cc1. The molecule has 0 saturated carbocycles. The molecule has 24 heavy (non-hydrogen) atoms. The first-order valence-electron chi connectivity index (χ1n) is 7.93. The third kappa shape index (κ3) is 3.69. The second-order valence-corrected chi connectivity index (χ2v) is 10.4. The van der Waals surface area contributed by atoms with Crippen LogP contribution in [0.15, 0.2) is 44.4 Å². The molecule has 1 aliphatic rings. The maximum atomic E-state index is 13.2. The number of halogens is 1. The Morgan fingerprint density at radius 1 is 1.12 bits per heavy atom. The van der Waals surface area contributed by atoms with Crippen LogP contribution in [0.25, 0.3) is 0 Å². The first kappa shape index (κ1) is 17.9. The molecule has 0 N–H and O–H groups in total. The molecule has 0 radical (unpaired) electrons. The summed E-state index contributed by atoms with van der Waals surface area (Å²) < 4.78 is 34.4. The summed E-state index contributed by atoms with van der Waals surface area (Å²) in [4.78, 5) is 0. The van der Waals surface area contributed by atoms with Gasteiger partial charge in [-0.1, -0.05) is 25.0 Å². The molecule has 4 nitrogen and oxygen atoms in total. The van der Waals surface area contributed by atoms with Gasteiger partial charge in [0, 0.05) is 6.54 Å². The minimum Gasteiger partial charge on any atom is -0.497 e. The lowest BCUT2D eigenvalue weighted by molar-refractivity contribution is 0.329. The van der Waals surface area contributed by atoms with E-state index in [1.165, 1.54) is 11.3 Å². The van der Waals surface area contributed by atoms with Crippen LogP contribution in [-0.4, -0.2) is 26.4 Å². The Hall–Kier alpha value is -0.890. The van der Waals surface area contributed by atoms with Crippen molar-refractivity contribution in [2.45, 2.75) is 35.9 Å². The highest BCUT2D eigenvalue weighted by molar-refractivity contribution is 9.11. The Balaban J connectivity index is 1.98. The van der Waals surface area contributed by atoms with E-state index in [-0.39, 0.29) is 6.04 Å². The summed E-state index contributed by atoms with van der Waals surface area (Å²) in [5.74, 6) is 0.781. The Kier molecular flexibility index (Phi) is 5.64. The summed E-state index contributed by atoms with van der Waals surface area (Å²) in [6.45, 7) is 0.564. The standard InChI is InChI=1S/C17H20BrNO3S2/c1-22-14-8-6-13(7-9-14)15-5-3-2-4-12-19(15)24(20,21)17-11-10-16(18)23-17/h6-11,15H,2-5,12H2,1H3. The van der Waals surface area contributed by atoms with Crippen molar-refractivity contribution >= 4 is 37.3 Å². The van der Waals surface area contributed by atoms with Gasteiger partial charge in [-0.3, -0.25) is 0 Å². The van der Waals surface area contributed by atoms with Gasteiger partial charge in [0.15, 0.2) is 0 Å². The fraction of sp³-hybridized carbons (Fsp3) is 0.412. The van der Waals surface area contributed by atoms with Crippen LogP contribution in [-0.2, 0) is 10.0 Å². The summed E-state index contributed by atoms with van der Waals surface area (Å²) >= 11 is 4.63. The first-order valence-corrected chi connectivity index (χ1v) is 11.0. The fourth-order valence-corrected chi connectivity index (χ4v) is 6.90. The smallest absolute Gasteiger partial charge is 0.253 e. The molecule has 1 aromatic carbocycles. The highest BCUT2D eigenvalue weighted by atomic mass is 79.9. The van der Waals surface area contributed by atoms with Crippen molar-refractivity contribution in [3.63, 3.8) is 0 Å². The van der Waals surface area contributed by atoms with E-state index in [1.54, 1.807) is 23.5 Å². The molecule has 1 unspecified atom stereocenters. The van der Waals surface area contributed by atoms with Gasteiger partial charge in [0.2, 0.25) is 0 Å². The van der Waals surface area contributed by atoms with Crippen molar-refractivity contribution in [2.24, 2.45) is 0 Å². The summed E-state index contributed by atoms with van der Waals surface area (Å²) in [5.41, 5.74) is 1.02. The molecule has 2 heterocycles. The molecule has 0 aliphatic carbocycles. The van der Waals surface area contributed by atoms with E-state index in [2.05, 4.69) is 15.9 Å². The molecular weight excluding hydrogens is 410 g/mol. The van der Waals surface area contributed by atoms with Crippen LogP contribution in [0.3, 0.4) is 0 Å². The van der Waals surface area contributed by atoms with Gasteiger partial charge < -0.3 is 4.74 Å². The van der Waals surface area contributed by atoms with Crippen molar-refractivity contribution in [3.8, 4) is 5.75 Å². The zero-order chi connectivity index (χ0) is 17.2. The van der Waals surface area contributed by atoms with Crippen LogP contribution < -0.4 is 4.74 Å². The van der Waals surface area contributed by atoms with Gasteiger partial charge in [-0.15, -0.1) is 11.3 Å². The lowest BCUT2D eigenvalue weighted by atomic mass is 10.0. The molecule has 7 heteroatoms. The van der Waals surface area contributed by atoms with Gasteiger partial charge >= 0.3 is 0 Å². The first-order chi connectivity index (χ1) is 11.5. The average molecular weight is 430 g/mol. The third-order valence-corrected chi connectivity index (χ3v) is 8.32. The number of rotatable bonds is 4. The van der Waals surface area contributed by atoms with E-state index in [0.29, 0.717) is 10.8 Å². The molecule has 2 aromatic rings. The lowest BCUT2D eigenvalue weighted by Crippen LogP contribution is -2.34. The molecule has 1 atom stereocenters. The van der Waals surface area contributed by atoms with Crippen molar-refractivity contribution in [2.75, 3.05) is 13.7 Å². The number of hydrogen-bond acceptors (Lipinski definition) is 4. The highest BCUT2D eigenvalue weighted by Gasteiger charge is 2.34. The predicted molar refractivity (Wildman–Crippen MR) is 100 cm³/mol. The monoisotopic (exact) mass is 429 g/mol. The van der Waals surface area contributed by atoms with Gasteiger partial charge in [-0.25, -0.2) is 8.42 Å². The zero-order valence-corrected chi connectivity index (χ0v) is 16.7. The second-order valence-electron chi connectivity index (χ2n) is 5.81. The van der Waals surface area contributed by atoms with E-state index < -0.39 is 10.0 Å².